The smallest absolute Gasteiger partial charge is 0.319 e. The van der Waals surface area contributed by atoms with Gasteiger partial charge in [-0.3, -0.25) is 9.88 Å². The van der Waals surface area contributed by atoms with Crippen LogP contribution in [0.4, 0.5) is 19.0 Å². The number of benzene rings is 2. The molecule has 0 saturated carbocycles. The SMILES string of the molecule is C#Cc1c(F)ccc2cc(O)cc(-c3ncc4c(N5[C@@H]6CC[C@H]5CNC6)nc(OC[C@@]56CCCN5C[C@H](F)C6)nc4c3F)c12. The van der Waals surface area contributed by atoms with Crippen molar-refractivity contribution >= 4 is 27.5 Å². The number of anilines is 1. The number of phenols is 1. The van der Waals surface area contributed by atoms with Gasteiger partial charge in [0, 0.05) is 55.3 Å². The van der Waals surface area contributed by atoms with Gasteiger partial charge in [-0.2, -0.15) is 9.97 Å². The van der Waals surface area contributed by atoms with Gasteiger partial charge < -0.3 is 20.1 Å². The highest BCUT2D eigenvalue weighted by Gasteiger charge is 2.49. The van der Waals surface area contributed by atoms with E-state index in [0.717, 1.165) is 45.3 Å². The van der Waals surface area contributed by atoms with E-state index < -0.39 is 23.3 Å². The van der Waals surface area contributed by atoms with Gasteiger partial charge in [0.15, 0.2) is 5.82 Å². The van der Waals surface area contributed by atoms with E-state index in [0.29, 0.717) is 29.6 Å². The molecule has 6 heterocycles. The van der Waals surface area contributed by atoms with Crippen LogP contribution in [0.5, 0.6) is 11.8 Å². The molecule has 0 unspecified atom stereocenters. The molecule has 8 nitrogen and oxygen atoms in total. The van der Waals surface area contributed by atoms with Crippen LogP contribution in [0.15, 0.2) is 30.5 Å². The van der Waals surface area contributed by atoms with Crippen molar-refractivity contribution in [3.8, 4) is 35.4 Å². The van der Waals surface area contributed by atoms with Gasteiger partial charge in [0.05, 0.1) is 16.5 Å². The molecular weight excluding hydrogens is 569 g/mol. The van der Waals surface area contributed by atoms with Gasteiger partial charge in [0.2, 0.25) is 0 Å². The standard InChI is InChI=1S/C33H31F3N6O2/c1-2-23-26(35)7-4-18-10-22(43)11-24(27(18)23)29-28(36)30-25(15-38-29)31(42-20-5-6-21(42)14-37-13-20)40-32(39-30)44-17-33-8-3-9-41(33)16-19(34)12-33/h1,4,7,10-11,15,19-21,37,43H,3,5-6,8-9,12-14,16-17H2/t19-,20-,21+,33+/m1/s1. The number of nitrogens with zero attached hydrogens (tertiary/aromatic N) is 5. The van der Waals surface area contributed by atoms with Crippen LogP contribution < -0.4 is 15.0 Å². The molecule has 4 aliphatic heterocycles. The average molecular weight is 601 g/mol. The molecule has 226 valence electrons. The van der Waals surface area contributed by atoms with Crippen LogP contribution in [0.25, 0.3) is 32.9 Å². The molecule has 2 aromatic carbocycles. The fraction of sp³-hybridized carbons (Fsp3) is 0.424. The van der Waals surface area contributed by atoms with Crippen molar-refractivity contribution in [3.63, 3.8) is 0 Å². The summed E-state index contributed by atoms with van der Waals surface area (Å²) in [6, 6.07) is 5.83. The topological polar surface area (TPSA) is 86.6 Å². The number of hydrogen-bond donors (Lipinski definition) is 2. The number of fused-ring (bicyclic) bond motifs is 5. The summed E-state index contributed by atoms with van der Waals surface area (Å²) in [5, 5.41) is 15.1. The highest BCUT2D eigenvalue weighted by Crippen LogP contribution is 2.43. The average Bonchev–Trinajstić information content (AvgIpc) is 3.62. The molecule has 2 aromatic heterocycles. The van der Waals surface area contributed by atoms with Crippen LogP contribution in [0.1, 0.15) is 37.7 Å². The number of aromatic hydroxyl groups is 1. The predicted octanol–water partition coefficient (Wildman–Crippen LogP) is 4.71. The Labute approximate surface area is 252 Å². The zero-order valence-electron chi connectivity index (χ0n) is 24.0. The third-order valence-corrected chi connectivity index (χ3v) is 9.95. The molecule has 0 aliphatic carbocycles. The van der Waals surface area contributed by atoms with Gasteiger partial charge in [-0.1, -0.05) is 12.0 Å². The van der Waals surface area contributed by atoms with Crippen molar-refractivity contribution in [1.29, 1.82) is 0 Å². The fourth-order valence-corrected chi connectivity index (χ4v) is 8.00. The number of hydrogen-bond acceptors (Lipinski definition) is 8. The second-order valence-corrected chi connectivity index (χ2v) is 12.5. The summed E-state index contributed by atoms with van der Waals surface area (Å²) in [5.74, 6) is 1.38. The minimum Gasteiger partial charge on any atom is -0.508 e. The van der Waals surface area contributed by atoms with Crippen LogP contribution in [0.2, 0.25) is 0 Å². The highest BCUT2D eigenvalue weighted by atomic mass is 19.1. The lowest BCUT2D eigenvalue weighted by molar-refractivity contribution is 0.107. The highest BCUT2D eigenvalue weighted by molar-refractivity contribution is 6.03. The first-order valence-corrected chi connectivity index (χ1v) is 15.1. The molecule has 2 N–H and O–H groups in total. The summed E-state index contributed by atoms with van der Waals surface area (Å²) in [4.78, 5) is 18.3. The Morgan fingerprint density at radius 3 is 2.77 bits per heavy atom. The molecule has 4 atom stereocenters. The molecule has 0 amide bonds. The van der Waals surface area contributed by atoms with Crippen molar-refractivity contribution in [1.82, 2.24) is 25.2 Å². The van der Waals surface area contributed by atoms with Crippen LogP contribution in [-0.4, -0.2) is 81.5 Å². The summed E-state index contributed by atoms with van der Waals surface area (Å²) in [6.07, 6.45) is 10.4. The first-order chi connectivity index (χ1) is 21.3. The number of halogens is 3. The Hall–Kier alpha value is -4.14. The lowest BCUT2D eigenvalue weighted by Gasteiger charge is -2.37. The van der Waals surface area contributed by atoms with E-state index in [1.54, 1.807) is 0 Å². The summed E-state index contributed by atoms with van der Waals surface area (Å²) in [7, 11) is 0. The van der Waals surface area contributed by atoms with E-state index in [1.165, 1.54) is 30.5 Å². The zero-order valence-corrected chi connectivity index (χ0v) is 24.0. The lowest BCUT2D eigenvalue weighted by Crippen LogP contribution is -2.52. The van der Waals surface area contributed by atoms with E-state index >= 15 is 4.39 Å². The maximum Gasteiger partial charge on any atom is 0.319 e. The second kappa shape index (κ2) is 10.2. The molecule has 4 saturated heterocycles. The van der Waals surface area contributed by atoms with Crippen molar-refractivity contribution in [3.05, 3.63) is 47.7 Å². The molecule has 4 aromatic rings. The number of piperazine rings is 1. The maximum absolute atomic E-state index is 16.8. The van der Waals surface area contributed by atoms with Crippen molar-refractivity contribution in [2.24, 2.45) is 0 Å². The summed E-state index contributed by atoms with van der Waals surface area (Å²) in [6.45, 7) is 2.96. The lowest BCUT2D eigenvalue weighted by atomic mass is 9.95. The van der Waals surface area contributed by atoms with Crippen LogP contribution in [-0.2, 0) is 0 Å². The van der Waals surface area contributed by atoms with Crippen LogP contribution in [0.3, 0.4) is 0 Å². The molecular formula is C33H31F3N6O2. The summed E-state index contributed by atoms with van der Waals surface area (Å²) >= 11 is 0. The van der Waals surface area contributed by atoms with Gasteiger partial charge >= 0.3 is 6.01 Å². The monoisotopic (exact) mass is 600 g/mol. The zero-order chi connectivity index (χ0) is 30.2. The van der Waals surface area contributed by atoms with Gasteiger partial charge in [0.1, 0.15) is 41.4 Å². The number of nitrogens with one attached hydrogen (secondary N) is 1. The first kappa shape index (κ1) is 27.4. The van der Waals surface area contributed by atoms with Gasteiger partial charge in [-0.25, -0.2) is 13.2 Å². The molecule has 2 bridgehead atoms. The summed E-state index contributed by atoms with van der Waals surface area (Å²) < 4.78 is 52.3. The normalized spacial score (nSPS) is 26.4. The Balaban J connectivity index is 1.29. The number of terminal acetylenes is 1. The molecule has 11 heteroatoms. The number of aromatic nitrogens is 3. The van der Waals surface area contributed by atoms with E-state index in [9.17, 15) is 13.9 Å². The Bertz CT molecular complexity index is 1850. The molecule has 0 radical (unpaired) electrons. The van der Waals surface area contributed by atoms with E-state index in [-0.39, 0.29) is 58.2 Å². The molecule has 4 fully saturated rings. The van der Waals surface area contributed by atoms with Crippen LogP contribution in [0, 0.1) is 24.0 Å². The Morgan fingerprint density at radius 1 is 1.16 bits per heavy atom. The van der Waals surface area contributed by atoms with E-state index in [4.69, 9.17) is 16.1 Å². The minimum absolute atomic E-state index is 0.00125. The van der Waals surface area contributed by atoms with Crippen molar-refractivity contribution in [2.45, 2.75) is 55.9 Å². The largest absolute Gasteiger partial charge is 0.508 e. The fourth-order valence-electron chi connectivity index (χ4n) is 8.00. The Kier molecular flexibility index (Phi) is 6.36. The number of alkyl halides is 1. The second-order valence-electron chi connectivity index (χ2n) is 12.5. The van der Waals surface area contributed by atoms with Gasteiger partial charge in [-0.15, -0.1) is 6.42 Å². The van der Waals surface area contributed by atoms with E-state index in [1.807, 2.05) is 0 Å². The minimum atomic E-state index is -0.913. The molecule has 44 heavy (non-hydrogen) atoms. The molecule has 4 aliphatic rings. The molecule has 8 rings (SSSR count). The number of ether oxygens (including phenoxy) is 1. The van der Waals surface area contributed by atoms with Crippen LogP contribution >= 0.6 is 0 Å². The molecule has 0 spiro atoms. The predicted molar refractivity (Wildman–Crippen MR) is 160 cm³/mol. The quantitative estimate of drug-likeness (QED) is 0.319. The third kappa shape index (κ3) is 4.19. The maximum atomic E-state index is 16.8. The Morgan fingerprint density at radius 2 is 1.98 bits per heavy atom. The van der Waals surface area contributed by atoms with Crippen molar-refractivity contribution in [2.75, 3.05) is 37.7 Å². The van der Waals surface area contributed by atoms with Gasteiger partial charge in [0.25, 0.3) is 0 Å². The third-order valence-electron chi connectivity index (χ3n) is 9.95. The van der Waals surface area contributed by atoms with Crippen molar-refractivity contribution < 1.29 is 23.0 Å². The summed E-state index contributed by atoms with van der Waals surface area (Å²) in [5.41, 5.74) is -0.456. The first-order valence-electron chi connectivity index (χ1n) is 15.1. The van der Waals surface area contributed by atoms with Gasteiger partial charge in [-0.05, 0) is 55.8 Å². The number of pyridine rings is 1. The number of rotatable bonds is 5. The van der Waals surface area contributed by atoms with E-state index in [2.05, 4.69) is 31.0 Å². The number of phenolic OH excluding ortho intramolecular Hbond substituents is 1.